The molecule has 3 aromatic rings. The van der Waals surface area contributed by atoms with Crippen LogP contribution >= 0.6 is 11.6 Å². The van der Waals surface area contributed by atoms with Gasteiger partial charge in [0.05, 0.1) is 15.6 Å². The minimum Gasteiger partial charge on any atom is -0.354 e. The number of hydrogen-bond acceptors (Lipinski definition) is 4. The third-order valence-corrected chi connectivity index (χ3v) is 8.09. The van der Waals surface area contributed by atoms with Gasteiger partial charge in [-0.2, -0.15) is 0 Å². The summed E-state index contributed by atoms with van der Waals surface area (Å²) >= 11 is 6.37. The Hall–Kier alpha value is -3.43. The third kappa shape index (κ3) is 7.33. The van der Waals surface area contributed by atoms with Gasteiger partial charge in [-0.1, -0.05) is 67.4 Å². The van der Waals surface area contributed by atoms with Crippen molar-refractivity contribution in [2.45, 2.75) is 44.2 Å². The molecule has 2 amide bonds. The van der Waals surface area contributed by atoms with E-state index in [1.807, 2.05) is 6.92 Å². The van der Waals surface area contributed by atoms with E-state index < -0.39 is 34.3 Å². The third-order valence-electron chi connectivity index (χ3n) is 5.99. The molecule has 0 aliphatic heterocycles. The fourth-order valence-electron chi connectivity index (χ4n) is 3.79. The number of para-hydroxylation sites is 1. The van der Waals surface area contributed by atoms with E-state index in [1.54, 1.807) is 37.3 Å². The molecular weight excluding hydrogens is 529 g/mol. The molecule has 1 atom stereocenters. The van der Waals surface area contributed by atoms with E-state index in [4.69, 9.17) is 11.6 Å². The van der Waals surface area contributed by atoms with Crippen molar-refractivity contribution in [3.63, 3.8) is 0 Å². The van der Waals surface area contributed by atoms with Crippen LogP contribution in [0.3, 0.4) is 0 Å². The van der Waals surface area contributed by atoms with Crippen molar-refractivity contribution >= 4 is 39.1 Å². The number of carbonyl (C=O) groups is 2. The summed E-state index contributed by atoms with van der Waals surface area (Å²) < 4.78 is 41.8. The lowest BCUT2D eigenvalue weighted by Crippen LogP contribution is -2.51. The van der Waals surface area contributed by atoms with E-state index in [0.717, 1.165) is 17.1 Å². The van der Waals surface area contributed by atoms with Gasteiger partial charge in [0.1, 0.15) is 18.4 Å². The van der Waals surface area contributed by atoms with Gasteiger partial charge < -0.3 is 10.2 Å². The number of halogens is 2. The molecule has 1 N–H and O–H groups in total. The quantitative estimate of drug-likeness (QED) is 0.316. The molecule has 0 aromatic heterocycles. The number of amides is 2. The van der Waals surface area contributed by atoms with Crippen molar-refractivity contribution in [2.75, 3.05) is 17.4 Å². The SMILES string of the molecule is CCCCNC(=O)C(C)N(Cc1ccc(F)cc1)C(=O)CN(c1ccccc1Cl)S(=O)(=O)c1ccccc1. The van der Waals surface area contributed by atoms with Crippen LogP contribution in [0.4, 0.5) is 10.1 Å². The Morgan fingerprint density at radius 3 is 2.24 bits per heavy atom. The van der Waals surface area contributed by atoms with Crippen LogP contribution in [0.15, 0.2) is 83.8 Å². The van der Waals surface area contributed by atoms with E-state index in [0.29, 0.717) is 12.1 Å². The lowest BCUT2D eigenvalue weighted by atomic mass is 10.1. The van der Waals surface area contributed by atoms with Crippen LogP contribution < -0.4 is 9.62 Å². The highest BCUT2D eigenvalue weighted by Gasteiger charge is 2.33. The van der Waals surface area contributed by atoms with Crippen LogP contribution in [0.25, 0.3) is 0 Å². The maximum Gasteiger partial charge on any atom is 0.264 e. The highest BCUT2D eigenvalue weighted by Crippen LogP contribution is 2.30. The molecular formula is C28H31ClFN3O4S. The van der Waals surface area contributed by atoms with Crippen molar-refractivity contribution in [2.24, 2.45) is 0 Å². The van der Waals surface area contributed by atoms with Gasteiger partial charge in [-0.15, -0.1) is 0 Å². The predicted molar refractivity (Wildman–Crippen MR) is 147 cm³/mol. The van der Waals surface area contributed by atoms with Gasteiger partial charge >= 0.3 is 0 Å². The molecule has 0 aliphatic rings. The number of anilines is 1. The van der Waals surface area contributed by atoms with Crippen LogP contribution in [0, 0.1) is 5.82 Å². The Kier molecular flexibility index (Phi) is 10.3. The molecule has 202 valence electrons. The smallest absolute Gasteiger partial charge is 0.264 e. The first-order chi connectivity index (χ1) is 18.1. The average molecular weight is 560 g/mol. The molecule has 0 saturated heterocycles. The number of benzene rings is 3. The van der Waals surface area contributed by atoms with Crippen molar-refractivity contribution in [1.82, 2.24) is 10.2 Å². The first-order valence-electron chi connectivity index (χ1n) is 12.3. The van der Waals surface area contributed by atoms with Crippen LogP contribution in [0.5, 0.6) is 0 Å². The summed E-state index contributed by atoms with van der Waals surface area (Å²) in [7, 11) is -4.20. The highest BCUT2D eigenvalue weighted by atomic mass is 35.5. The zero-order chi connectivity index (χ0) is 27.7. The molecule has 3 aromatic carbocycles. The van der Waals surface area contributed by atoms with Gasteiger partial charge in [0.25, 0.3) is 10.0 Å². The molecule has 38 heavy (non-hydrogen) atoms. The van der Waals surface area contributed by atoms with Crippen LogP contribution in [0.2, 0.25) is 5.02 Å². The summed E-state index contributed by atoms with van der Waals surface area (Å²) in [6.07, 6.45) is 1.66. The fraction of sp³-hybridized carbons (Fsp3) is 0.286. The van der Waals surface area contributed by atoms with E-state index >= 15 is 0 Å². The zero-order valence-corrected chi connectivity index (χ0v) is 22.9. The molecule has 3 rings (SSSR count). The van der Waals surface area contributed by atoms with Crippen LogP contribution in [0.1, 0.15) is 32.3 Å². The normalized spacial score (nSPS) is 12.0. The van der Waals surface area contributed by atoms with Crippen LogP contribution in [-0.2, 0) is 26.2 Å². The Labute approximate surface area is 228 Å². The Bertz CT molecular complexity index is 1340. The number of carbonyl (C=O) groups excluding carboxylic acids is 2. The number of sulfonamides is 1. The lowest BCUT2D eigenvalue weighted by molar-refractivity contribution is -0.139. The number of unbranched alkanes of at least 4 members (excludes halogenated alkanes) is 1. The van der Waals surface area contributed by atoms with Crippen molar-refractivity contribution in [1.29, 1.82) is 0 Å². The van der Waals surface area contributed by atoms with E-state index in [-0.39, 0.29) is 28.1 Å². The maximum absolute atomic E-state index is 13.8. The second kappa shape index (κ2) is 13.4. The lowest BCUT2D eigenvalue weighted by Gasteiger charge is -2.32. The largest absolute Gasteiger partial charge is 0.354 e. The summed E-state index contributed by atoms with van der Waals surface area (Å²) in [5.41, 5.74) is 0.719. The van der Waals surface area contributed by atoms with Gasteiger partial charge in [0.2, 0.25) is 11.8 Å². The molecule has 10 heteroatoms. The van der Waals surface area contributed by atoms with Crippen LogP contribution in [-0.4, -0.2) is 44.3 Å². The van der Waals surface area contributed by atoms with Gasteiger partial charge in [-0.3, -0.25) is 13.9 Å². The Balaban J connectivity index is 1.99. The van der Waals surface area contributed by atoms with Gasteiger partial charge in [0.15, 0.2) is 0 Å². The molecule has 0 fully saturated rings. The number of nitrogens with zero attached hydrogens (tertiary/aromatic N) is 2. The summed E-state index contributed by atoms with van der Waals surface area (Å²) in [5.74, 6) is -1.42. The van der Waals surface area contributed by atoms with Gasteiger partial charge in [0, 0.05) is 13.1 Å². The summed E-state index contributed by atoms with van der Waals surface area (Å²) in [4.78, 5) is 28.0. The highest BCUT2D eigenvalue weighted by molar-refractivity contribution is 7.92. The molecule has 0 spiro atoms. The molecule has 1 unspecified atom stereocenters. The van der Waals surface area contributed by atoms with Gasteiger partial charge in [-0.05, 0) is 55.3 Å². The standard InChI is InChI=1S/C28H31ClFN3O4S/c1-3-4-18-31-28(35)21(2)32(19-22-14-16-23(30)17-15-22)27(34)20-33(26-13-9-8-12-25(26)29)38(36,37)24-10-6-5-7-11-24/h5-17,21H,3-4,18-20H2,1-2H3,(H,31,35). The fourth-order valence-corrected chi connectivity index (χ4v) is 5.53. The minimum atomic E-state index is -4.20. The van der Waals surface area contributed by atoms with E-state index in [1.165, 1.54) is 53.4 Å². The first-order valence-corrected chi connectivity index (χ1v) is 14.1. The molecule has 7 nitrogen and oxygen atoms in total. The minimum absolute atomic E-state index is 0.0110. The van der Waals surface area contributed by atoms with Crippen molar-refractivity contribution in [3.8, 4) is 0 Å². The number of hydrogen-bond donors (Lipinski definition) is 1. The Morgan fingerprint density at radius 1 is 0.974 bits per heavy atom. The number of nitrogens with one attached hydrogen (secondary N) is 1. The molecule has 0 bridgehead atoms. The van der Waals surface area contributed by atoms with Crippen molar-refractivity contribution < 1.29 is 22.4 Å². The Morgan fingerprint density at radius 2 is 1.61 bits per heavy atom. The summed E-state index contributed by atoms with van der Waals surface area (Å²) in [6, 6.07) is 18.7. The van der Waals surface area contributed by atoms with Gasteiger partial charge in [-0.25, -0.2) is 12.8 Å². The molecule has 0 aliphatic carbocycles. The summed E-state index contributed by atoms with van der Waals surface area (Å²) in [6.45, 7) is 3.40. The zero-order valence-electron chi connectivity index (χ0n) is 21.3. The second-order valence-electron chi connectivity index (χ2n) is 8.74. The topological polar surface area (TPSA) is 86.8 Å². The second-order valence-corrected chi connectivity index (χ2v) is 11.0. The molecule has 0 saturated carbocycles. The van der Waals surface area contributed by atoms with E-state index in [9.17, 15) is 22.4 Å². The first kappa shape index (κ1) is 29.1. The van der Waals surface area contributed by atoms with E-state index in [2.05, 4.69) is 5.32 Å². The van der Waals surface area contributed by atoms with Crippen molar-refractivity contribution in [3.05, 3.63) is 95.3 Å². The maximum atomic E-state index is 13.8. The number of rotatable bonds is 12. The predicted octanol–water partition coefficient (Wildman–Crippen LogP) is 5.01. The monoisotopic (exact) mass is 559 g/mol. The molecule has 0 heterocycles. The molecule has 0 radical (unpaired) electrons. The summed E-state index contributed by atoms with van der Waals surface area (Å²) in [5, 5.41) is 2.97. The average Bonchev–Trinajstić information content (AvgIpc) is 2.92.